The van der Waals surface area contributed by atoms with Crippen LogP contribution in [0.25, 0.3) is 55.7 Å². The van der Waals surface area contributed by atoms with Crippen molar-refractivity contribution in [2.45, 2.75) is 19.3 Å². The Bertz CT molecular complexity index is 1820. The predicted molar refractivity (Wildman–Crippen MR) is 154 cm³/mol. The van der Waals surface area contributed by atoms with E-state index >= 15 is 0 Å². The minimum atomic E-state index is 0.0185. The molecule has 1 saturated heterocycles. The van der Waals surface area contributed by atoms with Crippen molar-refractivity contribution in [1.29, 1.82) is 0 Å². The number of carbonyl (C=O) groups is 1. The SMILES string of the molecule is O=C(CC1CCNCC1)Nc1cncc(-c2cc3c(-c4cc5c(-c6ccncc6)ccnc5[nH]4)n[nH]c3cn2)c1. The van der Waals surface area contributed by atoms with Crippen LogP contribution < -0.4 is 10.6 Å². The molecule has 1 aliphatic heterocycles. The second-order valence-corrected chi connectivity index (χ2v) is 10.1. The van der Waals surface area contributed by atoms with Gasteiger partial charge in [0.2, 0.25) is 5.91 Å². The molecule has 0 radical (unpaired) electrons. The Balaban J connectivity index is 1.19. The van der Waals surface area contributed by atoms with Crippen molar-refractivity contribution in [3.63, 3.8) is 0 Å². The lowest BCUT2D eigenvalue weighted by Gasteiger charge is -2.21. The molecule has 0 unspecified atom stereocenters. The first-order chi connectivity index (χ1) is 19.7. The van der Waals surface area contributed by atoms with Crippen molar-refractivity contribution in [3.8, 4) is 33.8 Å². The van der Waals surface area contributed by atoms with Crippen molar-refractivity contribution < 1.29 is 4.79 Å². The van der Waals surface area contributed by atoms with Crippen LogP contribution in [0.1, 0.15) is 19.3 Å². The molecule has 4 N–H and O–H groups in total. The van der Waals surface area contributed by atoms with Crippen LogP contribution in [0.5, 0.6) is 0 Å². The summed E-state index contributed by atoms with van der Waals surface area (Å²) < 4.78 is 0. The van der Waals surface area contributed by atoms with Crippen molar-refractivity contribution in [2.24, 2.45) is 5.92 Å². The molecule has 1 fully saturated rings. The monoisotopic (exact) mass is 529 g/mol. The van der Waals surface area contributed by atoms with Crippen molar-refractivity contribution in [2.75, 3.05) is 18.4 Å². The Morgan fingerprint density at radius 2 is 1.77 bits per heavy atom. The molecule has 7 rings (SSSR count). The van der Waals surface area contributed by atoms with E-state index in [2.05, 4.69) is 51.8 Å². The normalized spacial score (nSPS) is 14.1. The molecule has 0 aromatic carbocycles. The van der Waals surface area contributed by atoms with E-state index in [0.29, 0.717) is 18.0 Å². The average Bonchev–Trinajstić information content (AvgIpc) is 3.62. The molecule has 0 spiro atoms. The lowest BCUT2D eigenvalue weighted by molar-refractivity contribution is -0.117. The molecule has 0 atom stereocenters. The third-order valence-corrected chi connectivity index (χ3v) is 7.48. The van der Waals surface area contributed by atoms with Crippen LogP contribution in [0.4, 0.5) is 5.69 Å². The summed E-state index contributed by atoms with van der Waals surface area (Å²) in [6, 6.07) is 12.0. The minimum absolute atomic E-state index is 0.0185. The average molecular weight is 530 g/mol. The fourth-order valence-electron chi connectivity index (χ4n) is 5.43. The Morgan fingerprint density at radius 3 is 2.65 bits per heavy atom. The van der Waals surface area contributed by atoms with Crippen molar-refractivity contribution in [1.82, 2.24) is 40.4 Å². The van der Waals surface area contributed by atoms with Gasteiger partial charge in [0.25, 0.3) is 0 Å². The van der Waals surface area contributed by atoms with Crippen molar-refractivity contribution in [3.05, 3.63) is 73.6 Å². The molecular weight excluding hydrogens is 502 g/mol. The van der Waals surface area contributed by atoms with Crippen LogP contribution in [0, 0.1) is 5.92 Å². The Labute approximate surface area is 229 Å². The molecular formula is C30H27N9O. The number of nitrogens with zero attached hydrogens (tertiary/aromatic N) is 5. The molecule has 6 aromatic rings. The number of rotatable bonds is 6. The summed E-state index contributed by atoms with van der Waals surface area (Å²) in [5, 5.41) is 16.0. The maximum atomic E-state index is 12.7. The summed E-state index contributed by atoms with van der Waals surface area (Å²) in [6.07, 6.45) is 13.1. The van der Waals surface area contributed by atoms with Gasteiger partial charge in [0.15, 0.2) is 0 Å². The number of carbonyl (C=O) groups excluding carboxylic acids is 1. The number of amides is 1. The van der Waals surface area contributed by atoms with E-state index in [0.717, 1.165) is 81.6 Å². The van der Waals surface area contributed by atoms with Crippen LogP contribution in [0.3, 0.4) is 0 Å². The fourth-order valence-corrected chi connectivity index (χ4v) is 5.43. The van der Waals surface area contributed by atoms with Gasteiger partial charge >= 0.3 is 0 Å². The first-order valence-corrected chi connectivity index (χ1v) is 13.4. The summed E-state index contributed by atoms with van der Waals surface area (Å²) in [4.78, 5) is 33.8. The molecule has 1 aliphatic rings. The van der Waals surface area contributed by atoms with Gasteiger partial charge in [-0.15, -0.1) is 0 Å². The maximum absolute atomic E-state index is 12.7. The number of H-pyrrole nitrogens is 2. The highest BCUT2D eigenvalue weighted by Crippen LogP contribution is 2.34. The standard InChI is InChI=1S/C30H27N9O/c40-28(11-18-1-6-31-7-2-18)36-21-12-20(15-33-16-21)25-14-24-27(17-35-25)38-39-29(24)26-13-23-22(5-10-34-30(23)37-26)19-3-8-32-9-4-19/h3-5,8-10,12-18,31H,1-2,6-7,11H2,(H,34,37)(H,36,40)(H,38,39). The van der Waals surface area contributed by atoms with E-state index in [-0.39, 0.29) is 5.91 Å². The molecule has 6 aromatic heterocycles. The quantitative estimate of drug-likeness (QED) is 0.239. The third kappa shape index (κ3) is 4.69. The van der Waals surface area contributed by atoms with Gasteiger partial charge in [-0.05, 0) is 79.4 Å². The molecule has 1 amide bonds. The molecule has 10 heteroatoms. The predicted octanol–water partition coefficient (Wildman–Crippen LogP) is 4.95. The maximum Gasteiger partial charge on any atom is 0.224 e. The van der Waals surface area contributed by atoms with Crippen LogP contribution in [0.2, 0.25) is 0 Å². The van der Waals surface area contributed by atoms with E-state index < -0.39 is 0 Å². The second-order valence-electron chi connectivity index (χ2n) is 10.1. The van der Waals surface area contributed by atoms with E-state index in [1.54, 1.807) is 37.2 Å². The minimum Gasteiger partial charge on any atom is -0.338 e. The van der Waals surface area contributed by atoms with Crippen LogP contribution >= 0.6 is 0 Å². The summed E-state index contributed by atoms with van der Waals surface area (Å²) in [5.74, 6) is 0.437. The second kappa shape index (κ2) is 10.3. The van der Waals surface area contributed by atoms with Crippen LogP contribution in [-0.2, 0) is 4.79 Å². The topological polar surface area (TPSA) is 137 Å². The summed E-state index contributed by atoms with van der Waals surface area (Å²) in [6.45, 7) is 1.94. The van der Waals surface area contributed by atoms with Gasteiger partial charge < -0.3 is 15.6 Å². The summed E-state index contributed by atoms with van der Waals surface area (Å²) >= 11 is 0. The zero-order valence-corrected chi connectivity index (χ0v) is 21.7. The van der Waals surface area contributed by atoms with Crippen LogP contribution in [0.15, 0.2) is 73.6 Å². The van der Waals surface area contributed by atoms with E-state index in [9.17, 15) is 4.79 Å². The number of pyridine rings is 4. The molecule has 0 aliphatic carbocycles. The van der Waals surface area contributed by atoms with Crippen molar-refractivity contribution >= 4 is 33.5 Å². The van der Waals surface area contributed by atoms with E-state index in [4.69, 9.17) is 0 Å². The number of piperidine rings is 1. The molecule has 40 heavy (non-hydrogen) atoms. The van der Waals surface area contributed by atoms with E-state index in [1.807, 2.05) is 30.3 Å². The Morgan fingerprint density at radius 1 is 0.900 bits per heavy atom. The first kappa shape index (κ1) is 24.1. The van der Waals surface area contributed by atoms with Gasteiger partial charge in [0, 0.05) is 47.5 Å². The zero-order valence-electron chi connectivity index (χ0n) is 21.7. The van der Waals surface area contributed by atoms with E-state index in [1.165, 1.54) is 0 Å². The lowest BCUT2D eigenvalue weighted by atomic mass is 9.94. The molecule has 7 heterocycles. The summed E-state index contributed by atoms with van der Waals surface area (Å²) in [7, 11) is 0. The number of anilines is 1. The number of aromatic nitrogens is 7. The van der Waals surface area contributed by atoms with Gasteiger partial charge in [-0.1, -0.05) is 0 Å². The molecule has 0 bridgehead atoms. The van der Waals surface area contributed by atoms with Gasteiger partial charge in [0.1, 0.15) is 11.3 Å². The van der Waals surface area contributed by atoms with Gasteiger partial charge in [-0.3, -0.25) is 24.8 Å². The van der Waals surface area contributed by atoms with Crippen LogP contribution in [-0.4, -0.2) is 54.1 Å². The zero-order chi connectivity index (χ0) is 26.9. The molecule has 198 valence electrons. The number of hydrogen-bond donors (Lipinski definition) is 4. The fraction of sp³-hybridized carbons (Fsp3) is 0.200. The number of nitrogens with one attached hydrogen (secondary N) is 4. The highest BCUT2D eigenvalue weighted by Gasteiger charge is 2.18. The van der Waals surface area contributed by atoms with Gasteiger partial charge in [0.05, 0.1) is 35.0 Å². The Hall–Kier alpha value is -4.96. The molecule has 10 nitrogen and oxygen atoms in total. The first-order valence-electron chi connectivity index (χ1n) is 13.4. The summed E-state index contributed by atoms with van der Waals surface area (Å²) in [5.41, 5.74) is 7.59. The van der Waals surface area contributed by atoms with Gasteiger partial charge in [-0.2, -0.15) is 5.10 Å². The number of aromatic amines is 2. The van der Waals surface area contributed by atoms with Gasteiger partial charge in [-0.25, -0.2) is 4.98 Å². The number of hydrogen-bond acceptors (Lipinski definition) is 7. The highest BCUT2D eigenvalue weighted by molar-refractivity contribution is 6.00. The highest BCUT2D eigenvalue weighted by atomic mass is 16.1. The smallest absolute Gasteiger partial charge is 0.224 e. The largest absolute Gasteiger partial charge is 0.338 e. The third-order valence-electron chi connectivity index (χ3n) is 7.48. The number of fused-ring (bicyclic) bond motifs is 2. The Kier molecular flexibility index (Phi) is 6.21. The molecule has 0 saturated carbocycles. The lowest BCUT2D eigenvalue weighted by Crippen LogP contribution is -2.30.